The van der Waals surface area contributed by atoms with Gasteiger partial charge in [0.15, 0.2) is 5.76 Å². The number of ether oxygens (including phenoxy) is 1. The van der Waals surface area contributed by atoms with Crippen LogP contribution in [0.2, 0.25) is 0 Å². The zero-order valence-electron chi connectivity index (χ0n) is 17.6. The summed E-state index contributed by atoms with van der Waals surface area (Å²) >= 11 is 0. The van der Waals surface area contributed by atoms with E-state index < -0.39 is 0 Å². The van der Waals surface area contributed by atoms with E-state index in [4.69, 9.17) is 13.6 Å². The molecule has 0 unspecified atom stereocenters. The van der Waals surface area contributed by atoms with Crippen LogP contribution in [0.4, 0.5) is 0 Å². The monoisotopic (exact) mass is 425 g/mol. The highest BCUT2D eigenvalue weighted by molar-refractivity contribution is 5.61. The number of hydrogen-bond acceptors (Lipinski definition) is 5. The minimum atomic E-state index is 0.329. The van der Waals surface area contributed by atoms with Gasteiger partial charge in [0.2, 0.25) is 0 Å². The van der Waals surface area contributed by atoms with Crippen LogP contribution in [0.15, 0.2) is 101 Å². The van der Waals surface area contributed by atoms with E-state index in [2.05, 4.69) is 26.7 Å². The smallest absolute Gasteiger partial charge is 0.263 e. The summed E-state index contributed by atoms with van der Waals surface area (Å²) in [6.07, 6.45) is 9.32. The maximum atomic E-state index is 5.90. The predicted octanol–water partition coefficient (Wildman–Crippen LogP) is 6.01. The van der Waals surface area contributed by atoms with Crippen molar-refractivity contribution >= 4 is 0 Å². The van der Waals surface area contributed by atoms with Crippen LogP contribution in [0.3, 0.4) is 0 Å². The van der Waals surface area contributed by atoms with Gasteiger partial charge in [-0.25, -0.2) is 9.97 Å². The Morgan fingerprint density at radius 3 is 2.56 bits per heavy atom. The second-order valence-electron chi connectivity index (χ2n) is 7.51. The minimum Gasteiger partial charge on any atom is -0.487 e. The molecular formula is C26H23N3O3. The lowest BCUT2D eigenvalue weighted by atomic mass is 10.1. The van der Waals surface area contributed by atoms with Crippen LogP contribution in [-0.2, 0) is 19.6 Å². The molecule has 5 rings (SSSR count). The molecule has 6 nitrogen and oxygen atoms in total. The lowest BCUT2D eigenvalue weighted by Gasteiger charge is -2.06. The summed E-state index contributed by atoms with van der Waals surface area (Å²) in [5.74, 6) is 2.62. The van der Waals surface area contributed by atoms with E-state index >= 15 is 0 Å². The predicted molar refractivity (Wildman–Crippen MR) is 121 cm³/mol. The third kappa shape index (κ3) is 4.81. The number of furan rings is 1. The zero-order valence-corrected chi connectivity index (χ0v) is 17.6. The molecule has 0 spiro atoms. The Balaban J connectivity index is 1.14. The summed E-state index contributed by atoms with van der Waals surface area (Å²) < 4.78 is 19.5. The molecule has 0 amide bonds. The number of hydrogen-bond donors (Lipinski definition) is 0. The Morgan fingerprint density at radius 1 is 0.906 bits per heavy atom. The van der Waals surface area contributed by atoms with Crippen molar-refractivity contribution in [2.75, 3.05) is 0 Å². The van der Waals surface area contributed by atoms with Gasteiger partial charge >= 0.3 is 0 Å². The molecule has 0 N–H and O–H groups in total. The van der Waals surface area contributed by atoms with E-state index in [0.29, 0.717) is 24.0 Å². The van der Waals surface area contributed by atoms with Crippen molar-refractivity contribution in [2.24, 2.45) is 0 Å². The third-order valence-corrected chi connectivity index (χ3v) is 5.18. The van der Waals surface area contributed by atoms with Gasteiger partial charge in [-0.3, -0.25) is 0 Å². The molecule has 0 saturated heterocycles. The summed E-state index contributed by atoms with van der Waals surface area (Å²) in [4.78, 5) is 8.56. The average molecular weight is 425 g/mol. The number of aryl methyl sites for hydroxylation is 2. The van der Waals surface area contributed by atoms with Crippen LogP contribution in [0.5, 0.6) is 5.75 Å². The Hall–Kier alpha value is -4.06. The van der Waals surface area contributed by atoms with E-state index in [1.54, 1.807) is 12.5 Å². The van der Waals surface area contributed by atoms with Crippen LogP contribution >= 0.6 is 0 Å². The van der Waals surface area contributed by atoms with Crippen LogP contribution in [0, 0.1) is 0 Å². The second-order valence-corrected chi connectivity index (χ2v) is 7.51. The topological polar surface area (TPSA) is 66.2 Å². The Kier molecular flexibility index (Phi) is 5.83. The van der Waals surface area contributed by atoms with Gasteiger partial charge < -0.3 is 18.1 Å². The first-order chi connectivity index (χ1) is 15.8. The average Bonchev–Trinajstić information content (AvgIpc) is 3.61. The molecule has 2 aromatic carbocycles. The van der Waals surface area contributed by atoms with Crippen LogP contribution in [0.25, 0.3) is 23.0 Å². The van der Waals surface area contributed by atoms with Gasteiger partial charge in [0.05, 0.1) is 6.33 Å². The Labute approximate surface area is 186 Å². The van der Waals surface area contributed by atoms with Crippen molar-refractivity contribution < 1.29 is 13.6 Å². The van der Waals surface area contributed by atoms with E-state index in [9.17, 15) is 0 Å². The largest absolute Gasteiger partial charge is 0.487 e. The second kappa shape index (κ2) is 9.39. The quantitative estimate of drug-likeness (QED) is 0.289. The molecule has 6 heteroatoms. The molecule has 5 aromatic rings. The number of aromatic nitrogens is 3. The molecule has 3 heterocycles. The zero-order chi connectivity index (χ0) is 21.6. The van der Waals surface area contributed by atoms with Crippen molar-refractivity contribution in [1.82, 2.24) is 14.5 Å². The number of benzene rings is 2. The van der Waals surface area contributed by atoms with E-state index in [-0.39, 0.29) is 0 Å². The van der Waals surface area contributed by atoms with Crippen molar-refractivity contribution in [3.63, 3.8) is 0 Å². The lowest BCUT2D eigenvalue weighted by molar-refractivity contribution is 0.301. The fourth-order valence-corrected chi connectivity index (χ4v) is 3.49. The molecule has 160 valence electrons. The summed E-state index contributed by atoms with van der Waals surface area (Å²) in [5.41, 5.74) is 3.01. The highest BCUT2D eigenvalue weighted by Gasteiger charge is 2.12. The molecule has 0 radical (unpaired) electrons. The minimum absolute atomic E-state index is 0.329. The third-order valence-electron chi connectivity index (χ3n) is 5.18. The van der Waals surface area contributed by atoms with Crippen molar-refractivity contribution in [3.8, 4) is 28.7 Å². The van der Waals surface area contributed by atoms with Gasteiger partial charge in [-0.05, 0) is 42.7 Å². The number of rotatable bonds is 9. The van der Waals surface area contributed by atoms with E-state index in [1.807, 2.05) is 67.1 Å². The van der Waals surface area contributed by atoms with E-state index in [1.165, 1.54) is 5.56 Å². The summed E-state index contributed by atoms with van der Waals surface area (Å²) in [6.45, 7) is 1.30. The van der Waals surface area contributed by atoms with E-state index in [0.717, 1.165) is 36.5 Å². The fraction of sp³-hybridized carbons (Fsp3) is 0.154. The SMILES string of the molecule is c1ccc(-c2ccc(-c3nc(COc4ccc(CCCn5ccnc5)cc4)co3)o2)cc1. The molecule has 0 fully saturated rings. The Morgan fingerprint density at radius 2 is 1.75 bits per heavy atom. The molecule has 0 aliphatic carbocycles. The molecule has 0 atom stereocenters. The molecule has 0 aliphatic rings. The van der Waals surface area contributed by atoms with Crippen molar-refractivity contribution in [1.29, 1.82) is 0 Å². The van der Waals surface area contributed by atoms with Crippen molar-refractivity contribution in [2.45, 2.75) is 26.0 Å². The maximum absolute atomic E-state index is 5.90. The first-order valence-electron chi connectivity index (χ1n) is 10.6. The molecule has 3 aromatic heterocycles. The fourth-order valence-electron chi connectivity index (χ4n) is 3.49. The molecule has 0 bridgehead atoms. The molecule has 0 aliphatic heterocycles. The number of imidazole rings is 1. The van der Waals surface area contributed by atoms with Gasteiger partial charge in [0.1, 0.15) is 30.1 Å². The normalized spacial score (nSPS) is 11.0. The van der Waals surface area contributed by atoms with Crippen LogP contribution in [0.1, 0.15) is 17.7 Å². The van der Waals surface area contributed by atoms with Crippen molar-refractivity contribution in [3.05, 3.63) is 103 Å². The number of oxazole rings is 1. The first kappa shape index (κ1) is 19.9. The Bertz CT molecular complexity index is 1240. The number of nitrogens with zero attached hydrogens (tertiary/aromatic N) is 3. The van der Waals surface area contributed by atoms with Gasteiger partial charge in [-0.15, -0.1) is 0 Å². The summed E-state index contributed by atoms with van der Waals surface area (Å²) in [6, 6.07) is 21.9. The maximum Gasteiger partial charge on any atom is 0.263 e. The summed E-state index contributed by atoms with van der Waals surface area (Å²) in [5, 5.41) is 0. The van der Waals surface area contributed by atoms with Crippen LogP contribution < -0.4 is 4.74 Å². The van der Waals surface area contributed by atoms with Gasteiger partial charge in [-0.1, -0.05) is 42.5 Å². The molecular weight excluding hydrogens is 402 g/mol. The first-order valence-corrected chi connectivity index (χ1v) is 10.6. The molecule has 32 heavy (non-hydrogen) atoms. The summed E-state index contributed by atoms with van der Waals surface area (Å²) in [7, 11) is 0. The van der Waals surface area contributed by atoms with Crippen LogP contribution in [-0.4, -0.2) is 14.5 Å². The molecule has 0 saturated carbocycles. The highest BCUT2D eigenvalue weighted by Crippen LogP contribution is 2.28. The van der Waals surface area contributed by atoms with Gasteiger partial charge in [0.25, 0.3) is 5.89 Å². The standard InChI is InChI=1S/C26H23N3O3/c1-2-6-21(7-3-1)24-12-13-25(32-24)26-28-22(18-31-26)17-30-23-10-8-20(9-11-23)5-4-15-29-16-14-27-19-29/h1-3,6-14,16,18-19H,4-5,15,17H2. The van der Waals surface area contributed by atoms with Gasteiger partial charge in [0, 0.05) is 24.5 Å². The van der Waals surface area contributed by atoms with Gasteiger partial charge in [-0.2, -0.15) is 0 Å². The highest BCUT2D eigenvalue weighted by atomic mass is 16.5. The lowest BCUT2D eigenvalue weighted by Crippen LogP contribution is -1.98.